The van der Waals surface area contributed by atoms with Gasteiger partial charge < -0.3 is 15.4 Å². The highest BCUT2D eigenvalue weighted by molar-refractivity contribution is 7.89. The van der Waals surface area contributed by atoms with Gasteiger partial charge in [0.25, 0.3) is 0 Å². The Morgan fingerprint density at radius 1 is 1.13 bits per heavy atom. The molecule has 0 spiro atoms. The zero-order valence-corrected chi connectivity index (χ0v) is 19.6. The first-order chi connectivity index (χ1) is 14.7. The lowest BCUT2D eigenvalue weighted by molar-refractivity contribution is 0.286. The van der Waals surface area contributed by atoms with Gasteiger partial charge in [0, 0.05) is 18.7 Å². The van der Waals surface area contributed by atoms with Crippen molar-refractivity contribution in [3.8, 4) is 5.75 Å². The summed E-state index contributed by atoms with van der Waals surface area (Å²) in [5.41, 5.74) is 3.11. The Hall–Kier alpha value is -2.58. The van der Waals surface area contributed by atoms with E-state index >= 15 is 0 Å². The van der Waals surface area contributed by atoms with Crippen LogP contribution in [0.5, 0.6) is 5.75 Å². The van der Waals surface area contributed by atoms with E-state index in [1.807, 2.05) is 6.92 Å². The molecule has 0 aromatic heterocycles. The van der Waals surface area contributed by atoms with Gasteiger partial charge in [0.2, 0.25) is 10.0 Å². The molecule has 0 atom stereocenters. The number of nitrogens with zero attached hydrogens (tertiary/aromatic N) is 1. The Morgan fingerprint density at radius 2 is 1.84 bits per heavy atom. The Bertz CT molecular complexity index is 971. The summed E-state index contributed by atoms with van der Waals surface area (Å²) in [7, 11) is -3.69. The van der Waals surface area contributed by atoms with Crippen LogP contribution in [-0.4, -0.2) is 27.5 Å². The molecular weight excluding hydrogens is 412 g/mol. The standard InChI is InChI=1S/C23H34N4O3S/c1-5-25-23(26-15-19-7-10-21(11-8-19)31(24,28)29)27-16-20-9-6-18(4)14-22(20)30-13-12-17(2)3/h6-11,14,17H,5,12-13,15-16H2,1-4H3,(H2,24,28,29)(H2,25,26,27). The topological polar surface area (TPSA) is 106 Å². The molecule has 8 heteroatoms. The van der Waals surface area contributed by atoms with Crippen LogP contribution in [0.2, 0.25) is 0 Å². The van der Waals surface area contributed by atoms with E-state index in [1.165, 1.54) is 12.1 Å². The molecular formula is C23H34N4O3S. The average molecular weight is 447 g/mol. The van der Waals surface area contributed by atoms with Gasteiger partial charge in [0.05, 0.1) is 18.0 Å². The molecule has 0 amide bonds. The molecule has 4 N–H and O–H groups in total. The second kappa shape index (κ2) is 11.7. The molecule has 0 unspecified atom stereocenters. The molecule has 2 rings (SSSR count). The van der Waals surface area contributed by atoms with Crippen LogP contribution in [0.3, 0.4) is 0 Å². The average Bonchev–Trinajstić information content (AvgIpc) is 2.70. The van der Waals surface area contributed by atoms with Crippen molar-refractivity contribution < 1.29 is 13.2 Å². The molecule has 0 aliphatic rings. The third-order valence-electron chi connectivity index (χ3n) is 4.64. The molecule has 7 nitrogen and oxygen atoms in total. The molecule has 170 valence electrons. The normalized spacial score (nSPS) is 12.1. The second-order valence-corrected chi connectivity index (χ2v) is 9.44. The first kappa shape index (κ1) is 24.7. The SMILES string of the molecule is CCNC(=NCc1ccc(S(N)(=O)=O)cc1)NCc1ccc(C)cc1OCCC(C)C. The minimum atomic E-state index is -3.69. The Balaban J connectivity index is 2.05. The summed E-state index contributed by atoms with van der Waals surface area (Å²) in [6.07, 6.45) is 1.01. The number of nitrogens with two attached hydrogens (primary N) is 1. The lowest BCUT2D eigenvalue weighted by atomic mass is 10.1. The quantitative estimate of drug-likeness (QED) is 0.383. The van der Waals surface area contributed by atoms with Crippen molar-refractivity contribution in [1.29, 1.82) is 0 Å². The van der Waals surface area contributed by atoms with Crippen molar-refractivity contribution in [2.24, 2.45) is 16.0 Å². The van der Waals surface area contributed by atoms with Gasteiger partial charge in [0.1, 0.15) is 5.75 Å². The Kier molecular flexibility index (Phi) is 9.33. The highest BCUT2D eigenvalue weighted by Gasteiger charge is 2.08. The molecule has 0 aliphatic carbocycles. The Labute approximate surface area is 186 Å². The van der Waals surface area contributed by atoms with E-state index in [4.69, 9.17) is 9.88 Å². The fraction of sp³-hybridized carbons (Fsp3) is 0.435. The summed E-state index contributed by atoms with van der Waals surface area (Å²) >= 11 is 0. The summed E-state index contributed by atoms with van der Waals surface area (Å²) in [6.45, 7) is 10.8. The fourth-order valence-corrected chi connectivity index (χ4v) is 3.34. The maximum absolute atomic E-state index is 11.4. The smallest absolute Gasteiger partial charge is 0.238 e. The molecule has 0 aliphatic heterocycles. The van der Waals surface area contributed by atoms with E-state index in [0.29, 0.717) is 31.6 Å². The lowest BCUT2D eigenvalue weighted by Crippen LogP contribution is -2.36. The minimum absolute atomic E-state index is 0.0922. The minimum Gasteiger partial charge on any atom is -0.493 e. The maximum Gasteiger partial charge on any atom is 0.238 e. The van der Waals surface area contributed by atoms with Crippen molar-refractivity contribution in [2.45, 2.75) is 52.1 Å². The molecule has 0 saturated heterocycles. The number of primary sulfonamides is 1. The predicted molar refractivity (Wildman–Crippen MR) is 126 cm³/mol. The molecule has 31 heavy (non-hydrogen) atoms. The number of aryl methyl sites for hydroxylation is 1. The third kappa shape index (κ3) is 8.59. The molecule has 2 aromatic rings. The van der Waals surface area contributed by atoms with Crippen molar-refractivity contribution in [2.75, 3.05) is 13.2 Å². The number of hydrogen-bond donors (Lipinski definition) is 3. The zero-order valence-electron chi connectivity index (χ0n) is 18.8. The van der Waals surface area contributed by atoms with Crippen LogP contribution in [0, 0.1) is 12.8 Å². The van der Waals surface area contributed by atoms with Gasteiger partial charge >= 0.3 is 0 Å². The summed E-state index contributed by atoms with van der Waals surface area (Å²) in [6, 6.07) is 12.6. The molecule has 0 saturated carbocycles. The predicted octanol–water partition coefficient (Wildman–Crippen LogP) is 3.32. The van der Waals surface area contributed by atoms with Gasteiger partial charge in [-0.3, -0.25) is 0 Å². The lowest BCUT2D eigenvalue weighted by Gasteiger charge is -2.16. The van der Waals surface area contributed by atoms with Crippen LogP contribution in [0.4, 0.5) is 0 Å². The van der Waals surface area contributed by atoms with E-state index in [2.05, 4.69) is 54.6 Å². The van der Waals surface area contributed by atoms with E-state index in [9.17, 15) is 8.42 Å². The van der Waals surface area contributed by atoms with Crippen molar-refractivity contribution in [3.63, 3.8) is 0 Å². The molecule has 0 heterocycles. The van der Waals surface area contributed by atoms with Gasteiger partial charge in [-0.1, -0.05) is 38.1 Å². The van der Waals surface area contributed by atoms with Crippen LogP contribution in [-0.2, 0) is 23.1 Å². The number of sulfonamides is 1. The van der Waals surface area contributed by atoms with Gasteiger partial charge in [-0.05, 0) is 55.5 Å². The highest BCUT2D eigenvalue weighted by atomic mass is 32.2. The monoisotopic (exact) mass is 446 g/mol. The van der Waals surface area contributed by atoms with Gasteiger partial charge in [0.15, 0.2) is 5.96 Å². The van der Waals surface area contributed by atoms with Crippen LogP contribution < -0.4 is 20.5 Å². The summed E-state index contributed by atoms with van der Waals surface area (Å²) in [5, 5.41) is 11.7. The highest BCUT2D eigenvalue weighted by Crippen LogP contribution is 2.21. The molecule has 0 bridgehead atoms. The van der Waals surface area contributed by atoms with E-state index in [1.54, 1.807) is 12.1 Å². The van der Waals surface area contributed by atoms with E-state index in [0.717, 1.165) is 35.4 Å². The van der Waals surface area contributed by atoms with Gasteiger partial charge in [-0.15, -0.1) is 0 Å². The second-order valence-electron chi connectivity index (χ2n) is 7.88. The zero-order chi connectivity index (χ0) is 22.9. The number of nitrogens with one attached hydrogen (secondary N) is 2. The number of ether oxygens (including phenoxy) is 1. The summed E-state index contributed by atoms with van der Waals surface area (Å²) in [4.78, 5) is 4.69. The van der Waals surface area contributed by atoms with Crippen molar-refractivity contribution in [1.82, 2.24) is 10.6 Å². The molecule has 0 fully saturated rings. The van der Waals surface area contributed by atoms with E-state index < -0.39 is 10.0 Å². The van der Waals surface area contributed by atoms with Crippen LogP contribution >= 0.6 is 0 Å². The number of guanidine groups is 1. The maximum atomic E-state index is 11.4. The summed E-state index contributed by atoms with van der Waals surface area (Å²) in [5.74, 6) is 2.16. The Morgan fingerprint density at radius 3 is 2.45 bits per heavy atom. The fourth-order valence-electron chi connectivity index (χ4n) is 2.82. The number of benzene rings is 2. The van der Waals surface area contributed by atoms with Crippen LogP contribution in [0.1, 0.15) is 43.9 Å². The summed E-state index contributed by atoms with van der Waals surface area (Å²) < 4.78 is 28.8. The molecule has 2 aromatic carbocycles. The number of aliphatic imine (C=N–C) groups is 1. The number of hydrogen-bond acceptors (Lipinski definition) is 4. The van der Waals surface area contributed by atoms with Crippen molar-refractivity contribution in [3.05, 3.63) is 59.2 Å². The van der Waals surface area contributed by atoms with Crippen LogP contribution in [0.25, 0.3) is 0 Å². The van der Waals surface area contributed by atoms with Gasteiger partial charge in [-0.2, -0.15) is 0 Å². The van der Waals surface area contributed by atoms with Gasteiger partial charge in [-0.25, -0.2) is 18.5 Å². The van der Waals surface area contributed by atoms with Crippen molar-refractivity contribution >= 4 is 16.0 Å². The molecule has 0 radical (unpaired) electrons. The van der Waals surface area contributed by atoms with E-state index in [-0.39, 0.29) is 4.90 Å². The first-order valence-corrected chi connectivity index (χ1v) is 12.1. The number of rotatable bonds is 10. The first-order valence-electron chi connectivity index (χ1n) is 10.5. The van der Waals surface area contributed by atoms with Crippen LogP contribution in [0.15, 0.2) is 52.4 Å². The third-order valence-corrected chi connectivity index (χ3v) is 5.57. The largest absolute Gasteiger partial charge is 0.493 e.